The van der Waals surface area contributed by atoms with Gasteiger partial charge in [0.25, 0.3) is 0 Å². The maximum atomic E-state index is 5.45. The Hall–Kier alpha value is -1.94. The summed E-state index contributed by atoms with van der Waals surface area (Å²) < 4.78 is 5.45. The zero-order valence-corrected chi connectivity index (χ0v) is 12.0. The van der Waals surface area contributed by atoms with E-state index in [9.17, 15) is 0 Å². The summed E-state index contributed by atoms with van der Waals surface area (Å²) in [5.74, 6) is 1.36. The van der Waals surface area contributed by atoms with Gasteiger partial charge in [-0.1, -0.05) is 24.3 Å². The van der Waals surface area contributed by atoms with E-state index in [4.69, 9.17) is 4.74 Å². The molecule has 1 aliphatic carbocycles. The zero-order valence-electron chi connectivity index (χ0n) is 12.0. The SMILES string of the molecule is c1ccc2c(c1)CC(Nc1cc(C3CCOC3)ncn1)C2. The Morgan fingerprint density at radius 1 is 1.10 bits per heavy atom. The minimum absolute atomic E-state index is 0.425. The van der Waals surface area contributed by atoms with E-state index in [-0.39, 0.29) is 0 Å². The fourth-order valence-corrected chi connectivity index (χ4v) is 3.31. The number of rotatable bonds is 3. The van der Waals surface area contributed by atoms with Crippen LogP contribution < -0.4 is 5.32 Å². The fourth-order valence-electron chi connectivity index (χ4n) is 3.31. The molecule has 2 aliphatic rings. The predicted octanol–water partition coefficient (Wildman–Crippen LogP) is 2.56. The van der Waals surface area contributed by atoms with Crippen LogP contribution in [0.25, 0.3) is 0 Å². The predicted molar refractivity (Wildman–Crippen MR) is 81.5 cm³/mol. The van der Waals surface area contributed by atoms with Gasteiger partial charge in [-0.25, -0.2) is 9.97 Å². The van der Waals surface area contributed by atoms with Crippen LogP contribution in [0, 0.1) is 0 Å². The van der Waals surface area contributed by atoms with Crippen LogP contribution in [0.1, 0.15) is 29.2 Å². The molecule has 1 aliphatic heterocycles. The Labute approximate surface area is 124 Å². The molecule has 1 saturated heterocycles. The van der Waals surface area contributed by atoms with Gasteiger partial charge in [0.1, 0.15) is 12.1 Å². The largest absolute Gasteiger partial charge is 0.381 e. The third kappa shape index (κ3) is 2.63. The molecule has 1 atom stereocenters. The number of anilines is 1. The molecule has 4 nitrogen and oxygen atoms in total. The van der Waals surface area contributed by atoms with Gasteiger partial charge in [-0.15, -0.1) is 0 Å². The highest BCUT2D eigenvalue weighted by Gasteiger charge is 2.22. The minimum Gasteiger partial charge on any atom is -0.381 e. The molecule has 4 rings (SSSR count). The van der Waals surface area contributed by atoms with Crippen LogP contribution in [0.2, 0.25) is 0 Å². The molecule has 1 unspecified atom stereocenters. The molecule has 0 saturated carbocycles. The van der Waals surface area contributed by atoms with Gasteiger partial charge in [0.2, 0.25) is 0 Å². The molecule has 1 aromatic carbocycles. The molecule has 1 aromatic heterocycles. The average Bonchev–Trinajstić information content (AvgIpc) is 3.16. The van der Waals surface area contributed by atoms with Crippen LogP contribution in [0.15, 0.2) is 36.7 Å². The average molecular weight is 281 g/mol. The van der Waals surface area contributed by atoms with Crippen LogP contribution in [-0.4, -0.2) is 29.2 Å². The zero-order chi connectivity index (χ0) is 14.1. The normalized spacial score (nSPS) is 21.4. The second-order valence-corrected chi connectivity index (χ2v) is 5.91. The van der Waals surface area contributed by atoms with E-state index in [1.54, 1.807) is 6.33 Å². The quantitative estimate of drug-likeness (QED) is 0.939. The molecule has 4 heteroatoms. The van der Waals surface area contributed by atoms with Crippen molar-refractivity contribution in [1.29, 1.82) is 0 Å². The molecule has 2 heterocycles. The number of hydrogen-bond acceptors (Lipinski definition) is 4. The lowest BCUT2D eigenvalue weighted by atomic mass is 10.0. The number of benzene rings is 1. The van der Waals surface area contributed by atoms with Crippen LogP contribution in [0.3, 0.4) is 0 Å². The van der Waals surface area contributed by atoms with Crippen molar-refractivity contribution in [3.8, 4) is 0 Å². The van der Waals surface area contributed by atoms with Gasteiger partial charge >= 0.3 is 0 Å². The lowest BCUT2D eigenvalue weighted by Crippen LogP contribution is -2.20. The molecule has 21 heavy (non-hydrogen) atoms. The maximum absolute atomic E-state index is 5.45. The minimum atomic E-state index is 0.425. The molecule has 1 fully saturated rings. The molecule has 0 bridgehead atoms. The van der Waals surface area contributed by atoms with Crippen LogP contribution in [0.4, 0.5) is 5.82 Å². The first-order valence-corrected chi connectivity index (χ1v) is 7.61. The van der Waals surface area contributed by atoms with Gasteiger partial charge in [-0.05, 0) is 30.4 Å². The summed E-state index contributed by atoms with van der Waals surface area (Å²) in [6, 6.07) is 11.2. The van der Waals surface area contributed by atoms with Gasteiger partial charge in [-0.3, -0.25) is 0 Å². The summed E-state index contributed by atoms with van der Waals surface area (Å²) in [7, 11) is 0. The van der Waals surface area contributed by atoms with Gasteiger partial charge in [0.05, 0.1) is 12.3 Å². The maximum Gasteiger partial charge on any atom is 0.129 e. The van der Waals surface area contributed by atoms with Crippen molar-refractivity contribution in [2.24, 2.45) is 0 Å². The first-order chi connectivity index (χ1) is 10.4. The Morgan fingerprint density at radius 3 is 2.62 bits per heavy atom. The standard InChI is InChI=1S/C17H19N3O/c1-2-4-13-8-15(7-12(13)3-1)20-17-9-16(18-11-19-17)14-5-6-21-10-14/h1-4,9,11,14-15H,5-8,10H2,(H,18,19,20). The fraction of sp³-hybridized carbons (Fsp3) is 0.412. The van der Waals surface area contributed by atoms with Gasteiger partial charge < -0.3 is 10.1 Å². The first kappa shape index (κ1) is 12.8. The van der Waals surface area contributed by atoms with Gasteiger partial charge in [0.15, 0.2) is 0 Å². The summed E-state index contributed by atoms with van der Waals surface area (Å²) in [5, 5.41) is 3.56. The highest BCUT2D eigenvalue weighted by molar-refractivity contribution is 5.42. The van der Waals surface area contributed by atoms with E-state index in [1.807, 2.05) is 0 Å². The summed E-state index contributed by atoms with van der Waals surface area (Å²) >= 11 is 0. The summed E-state index contributed by atoms with van der Waals surface area (Å²) in [5.41, 5.74) is 4.00. The molecule has 0 spiro atoms. The van der Waals surface area contributed by atoms with E-state index in [2.05, 4.69) is 45.6 Å². The second kappa shape index (κ2) is 5.45. The van der Waals surface area contributed by atoms with E-state index in [1.165, 1.54) is 11.1 Å². The third-order valence-electron chi connectivity index (χ3n) is 4.44. The van der Waals surface area contributed by atoms with Crippen molar-refractivity contribution >= 4 is 5.82 Å². The van der Waals surface area contributed by atoms with Crippen LogP contribution in [0.5, 0.6) is 0 Å². The van der Waals surface area contributed by atoms with E-state index in [0.29, 0.717) is 12.0 Å². The second-order valence-electron chi connectivity index (χ2n) is 5.91. The van der Waals surface area contributed by atoms with Crippen molar-refractivity contribution < 1.29 is 4.74 Å². The van der Waals surface area contributed by atoms with Crippen molar-refractivity contribution in [3.63, 3.8) is 0 Å². The van der Waals surface area contributed by atoms with Crippen molar-refractivity contribution in [3.05, 3.63) is 53.5 Å². The summed E-state index contributed by atoms with van der Waals surface area (Å²) in [6.07, 6.45) is 4.87. The lowest BCUT2D eigenvalue weighted by Gasteiger charge is -2.14. The Balaban J connectivity index is 1.47. The molecule has 0 amide bonds. The van der Waals surface area contributed by atoms with E-state index >= 15 is 0 Å². The number of hydrogen-bond donors (Lipinski definition) is 1. The van der Waals surface area contributed by atoms with Crippen molar-refractivity contribution in [2.45, 2.75) is 31.2 Å². The topological polar surface area (TPSA) is 47.0 Å². The highest BCUT2D eigenvalue weighted by Crippen LogP contribution is 2.26. The first-order valence-electron chi connectivity index (χ1n) is 7.61. The molecule has 1 N–H and O–H groups in total. The Bertz CT molecular complexity index is 612. The van der Waals surface area contributed by atoms with Crippen LogP contribution in [-0.2, 0) is 17.6 Å². The van der Waals surface area contributed by atoms with E-state index < -0.39 is 0 Å². The smallest absolute Gasteiger partial charge is 0.129 e. The molecule has 0 radical (unpaired) electrons. The molecule has 108 valence electrons. The Morgan fingerprint density at radius 2 is 1.90 bits per heavy atom. The highest BCUT2D eigenvalue weighted by atomic mass is 16.5. The lowest BCUT2D eigenvalue weighted by molar-refractivity contribution is 0.193. The van der Waals surface area contributed by atoms with Crippen LogP contribution >= 0.6 is 0 Å². The number of aromatic nitrogens is 2. The number of nitrogens with one attached hydrogen (secondary N) is 1. The van der Waals surface area contributed by atoms with Gasteiger partial charge in [0, 0.05) is 24.6 Å². The van der Waals surface area contributed by atoms with Crippen molar-refractivity contribution in [2.75, 3.05) is 18.5 Å². The van der Waals surface area contributed by atoms with Crippen molar-refractivity contribution in [1.82, 2.24) is 9.97 Å². The monoisotopic (exact) mass is 281 g/mol. The van der Waals surface area contributed by atoms with Gasteiger partial charge in [-0.2, -0.15) is 0 Å². The van der Waals surface area contributed by atoms with E-state index in [0.717, 1.165) is 44.0 Å². The third-order valence-corrected chi connectivity index (χ3v) is 4.44. The molecular formula is C17H19N3O. The number of fused-ring (bicyclic) bond motifs is 1. The number of nitrogens with zero attached hydrogens (tertiary/aromatic N) is 2. The molecular weight excluding hydrogens is 262 g/mol. The molecule has 2 aromatic rings. The summed E-state index contributed by atoms with van der Waals surface area (Å²) in [6.45, 7) is 1.63. The summed E-state index contributed by atoms with van der Waals surface area (Å²) in [4.78, 5) is 8.78. The number of ether oxygens (including phenoxy) is 1. The Kier molecular flexibility index (Phi) is 3.31.